The highest BCUT2D eigenvalue weighted by Crippen LogP contribution is 2.20. The van der Waals surface area contributed by atoms with Gasteiger partial charge in [-0.25, -0.2) is 21.7 Å². The zero-order valence-electron chi connectivity index (χ0n) is 9.58. The van der Waals surface area contributed by atoms with Gasteiger partial charge >= 0.3 is 0 Å². The number of rotatable bonds is 3. The number of nitrogens with zero attached hydrogens (tertiary/aromatic N) is 4. The van der Waals surface area contributed by atoms with Crippen LogP contribution in [-0.4, -0.2) is 28.1 Å². The molecule has 11 heteroatoms. The van der Waals surface area contributed by atoms with E-state index in [1.54, 1.807) is 0 Å². The number of nitrogens with two attached hydrogens (primary N) is 4. The molecule has 0 aliphatic heterocycles. The van der Waals surface area contributed by atoms with Crippen molar-refractivity contribution in [3.63, 3.8) is 0 Å². The fraction of sp³-hybridized carbons (Fsp3) is 0.143. The van der Waals surface area contributed by atoms with E-state index in [-0.39, 0.29) is 11.9 Å². The highest BCUT2D eigenvalue weighted by atomic mass is 32.2. The van der Waals surface area contributed by atoms with Gasteiger partial charge in [0.1, 0.15) is 0 Å². The maximum Gasteiger partial charge on any atom is 0.209 e. The minimum atomic E-state index is 0.0144. The number of hydrazine groups is 2. The topological polar surface area (TPSA) is 179 Å². The maximum absolute atomic E-state index is 5.43. The van der Waals surface area contributed by atoms with E-state index in [0.29, 0.717) is 16.8 Å². The summed E-state index contributed by atoms with van der Waals surface area (Å²) in [5, 5.41) is 0.463. The van der Waals surface area contributed by atoms with Crippen LogP contribution >= 0.6 is 11.8 Å². The van der Waals surface area contributed by atoms with E-state index in [2.05, 4.69) is 30.8 Å². The summed E-state index contributed by atoms with van der Waals surface area (Å²) in [6.07, 6.45) is 1.81. The number of aromatic nitrogens is 2. The zero-order valence-corrected chi connectivity index (χ0v) is 10.4. The fourth-order valence-electron chi connectivity index (χ4n) is 0.918. The van der Waals surface area contributed by atoms with Crippen LogP contribution in [0.2, 0.25) is 0 Å². The van der Waals surface area contributed by atoms with Crippen LogP contribution in [0.5, 0.6) is 0 Å². The van der Waals surface area contributed by atoms with Crippen LogP contribution in [0.25, 0.3) is 0 Å². The van der Waals surface area contributed by atoms with Crippen molar-refractivity contribution in [2.75, 3.05) is 6.26 Å². The van der Waals surface area contributed by atoms with Crippen LogP contribution in [0.3, 0.4) is 0 Å². The van der Waals surface area contributed by atoms with E-state index in [4.69, 9.17) is 23.2 Å². The predicted octanol–water partition coefficient (Wildman–Crippen LogP) is -1.98. The second-order valence-electron chi connectivity index (χ2n) is 2.85. The number of hydrogen-bond acceptors (Lipinski definition) is 7. The molecule has 0 amide bonds. The quantitative estimate of drug-likeness (QED) is 0.0905. The lowest BCUT2D eigenvalue weighted by atomic mass is 10.5. The Labute approximate surface area is 107 Å². The largest absolute Gasteiger partial charge is 0.369 e. The van der Waals surface area contributed by atoms with Gasteiger partial charge < -0.3 is 11.5 Å². The van der Waals surface area contributed by atoms with Crippen molar-refractivity contribution in [3.05, 3.63) is 6.07 Å². The molecule has 98 valence electrons. The summed E-state index contributed by atoms with van der Waals surface area (Å²) in [4.78, 5) is 16.0. The Morgan fingerprint density at radius 1 is 1.11 bits per heavy atom. The van der Waals surface area contributed by atoms with Gasteiger partial charge in [0.2, 0.25) is 11.9 Å². The lowest BCUT2D eigenvalue weighted by Gasteiger charge is -2.03. The molecule has 0 fully saturated rings. The van der Waals surface area contributed by atoms with Crippen LogP contribution in [0.15, 0.2) is 21.2 Å². The van der Waals surface area contributed by atoms with Crippen molar-refractivity contribution in [2.24, 2.45) is 33.1 Å². The molecule has 0 bridgehead atoms. The first-order valence-corrected chi connectivity index (χ1v) is 5.86. The first-order chi connectivity index (χ1) is 8.58. The zero-order chi connectivity index (χ0) is 13.5. The van der Waals surface area contributed by atoms with Crippen LogP contribution in [0, 0.1) is 0 Å². The molecule has 10 nitrogen and oxygen atoms in total. The van der Waals surface area contributed by atoms with Gasteiger partial charge in [0.15, 0.2) is 16.8 Å². The Morgan fingerprint density at radius 3 is 1.89 bits per heavy atom. The average molecular weight is 270 g/mol. The van der Waals surface area contributed by atoms with Crippen LogP contribution in [0.1, 0.15) is 0 Å². The molecule has 1 rings (SSSR count). The minimum absolute atomic E-state index is 0.0144. The number of guanidine groups is 2. The molecule has 0 spiro atoms. The number of thioether (sulfide) groups is 1. The molecule has 1 heterocycles. The smallest absolute Gasteiger partial charge is 0.209 e. The standard InChI is InChI=1S/C7H14N10S/c1-18-7-14-3(12-5(8)16-10)2-4(15-7)13-6(9)17-11/h2H,10-11H2,1H3,(H6,8,9,12,13,14,15,16,17). The van der Waals surface area contributed by atoms with Gasteiger partial charge in [0, 0.05) is 6.07 Å². The summed E-state index contributed by atoms with van der Waals surface area (Å²) >= 11 is 1.32. The van der Waals surface area contributed by atoms with Gasteiger partial charge in [-0.15, -0.1) is 0 Å². The Hall–Kier alpha value is -2.11. The third kappa shape index (κ3) is 4.04. The molecule has 0 aromatic carbocycles. The molecule has 0 radical (unpaired) electrons. The average Bonchev–Trinajstić information content (AvgIpc) is 2.37. The molecule has 0 aliphatic carbocycles. The molecular formula is C7H14N10S. The molecule has 0 unspecified atom stereocenters. The molecule has 0 saturated carbocycles. The molecule has 1 aromatic heterocycles. The van der Waals surface area contributed by atoms with Crippen molar-refractivity contribution in [1.29, 1.82) is 0 Å². The molecule has 0 saturated heterocycles. The van der Waals surface area contributed by atoms with Gasteiger partial charge in [-0.2, -0.15) is 9.98 Å². The van der Waals surface area contributed by atoms with E-state index < -0.39 is 0 Å². The Morgan fingerprint density at radius 2 is 1.56 bits per heavy atom. The van der Waals surface area contributed by atoms with Crippen molar-refractivity contribution >= 4 is 35.3 Å². The maximum atomic E-state index is 5.43. The highest BCUT2D eigenvalue weighted by Gasteiger charge is 2.04. The predicted molar refractivity (Wildman–Crippen MR) is 71.0 cm³/mol. The number of aliphatic imine (C=N–C) groups is 2. The van der Waals surface area contributed by atoms with Crippen molar-refractivity contribution < 1.29 is 0 Å². The summed E-state index contributed by atoms with van der Waals surface area (Å²) in [7, 11) is 0. The lowest BCUT2D eigenvalue weighted by Crippen LogP contribution is -2.36. The van der Waals surface area contributed by atoms with Gasteiger partial charge in [-0.3, -0.25) is 10.9 Å². The van der Waals surface area contributed by atoms with Crippen molar-refractivity contribution in [1.82, 2.24) is 20.8 Å². The van der Waals surface area contributed by atoms with Gasteiger partial charge in [0.25, 0.3) is 0 Å². The first-order valence-electron chi connectivity index (χ1n) is 4.63. The summed E-state index contributed by atoms with van der Waals surface area (Å²) < 4.78 is 0. The summed E-state index contributed by atoms with van der Waals surface area (Å²) in [6.45, 7) is 0. The lowest BCUT2D eigenvalue weighted by molar-refractivity contribution is 0.944. The Bertz CT molecular complexity index is 431. The SMILES string of the molecule is CSc1nc(N=C(N)NN)cc(N=C(N)NN)n1. The van der Waals surface area contributed by atoms with Gasteiger partial charge in [-0.05, 0) is 6.26 Å². The molecule has 1 aromatic rings. The Balaban J connectivity index is 3.17. The van der Waals surface area contributed by atoms with E-state index >= 15 is 0 Å². The third-order valence-corrected chi connectivity index (χ3v) is 2.17. The van der Waals surface area contributed by atoms with Crippen LogP contribution in [0.4, 0.5) is 11.6 Å². The summed E-state index contributed by atoms with van der Waals surface area (Å²) in [5.74, 6) is 10.8. The second-order valence-corrected chi connectivity index (χ2v) is 3.63. The Kier molecular flexibility index (Phi) is 5.10. The molecule has 0 aliphatic rings. The number of nitrogens with one attached hydrogen (secondary N) is 2. The third-order valence-electron chi connectivity index (χ3n) is 1.63. The first kappa shape index (κ1) is 14.0. The molecular weight excluding hydrogens is 256 g/mol. The van der Waals surface area contributed by atoms with Crippen LogP contribution in [-0.2, 0) is 0 Å². The fourth-order valence-corrected chi connectivity index (χ4v) is 1.29. The van der Waals surface area contributed by atoms with E-state index in [9.17, 15) is 0 Å². The molecule has 0 atom stereocenters. The van der Waals surface area contributed by atoms with Gasteiger partial charge in [-0.1, -0.05) is 11.8 Å². The molecule has 18 heavy (non-hydrogen) atoms. The summed E-state index contributed by atoms with van der Waals surface area (Å²) in [6, 6.07) is 1.48. The summed E-state index contributed by atoms with van der Waals surface area (Å²) in [5.41, 5.74) is 15.2. The molecule has 10 N–H and O–H groups in total. The number of hydrogen-bond donors (Lipinski definition) is 6. The van der Waals surface area contributed by atoms with E-state index in [1.165, 1.54) is 17.8 Å². The second kappa shape index (κ2) is 6.58. The van der Waals surface area contributed by atoms with E-state index in [1.807, 2.05) is 6.26 Å². The van der Waals surface area contributed by atoms with Gasteiger partial charge in [0.05, 0.1) is 0 Å². The highest BCUT2D eigenvalue weighted by molar-refractivity contribution is 7.98. The minimum Gasteiger partial charge on any atom is -0.369 e. The van der Waals surface area contributed by atoms with E-state index in [0.717, 1.165) is 0 Å². The van der Waals surface area contributed by atoms with Crippen LogP contribution < -0.4 is 34.0 Å². The van der Waals surface area contributed by atoms with Crippen molar-refractivity contribution in [2.45, 2.75) is 5.16 Å². The normalized spacial score (nSPS) is 12.4. The monoisotopic (exact) mass is 270 g/mol. The van der Waals surface area contributed by atoms with Crippen molar-refractivity contribution in [3.8, 4) is 0 Å².